The molecular formula is C49H30N4S. The van der Waals surface area contributed by atoms with Crippen LogP contribution in [-0.2, 0) is 0 Å². The van der Waals surface area contributed by atoms with Gasteiger partial charge in [0.25, 0.3) is 0 Å². The van der Waals surface area contributed by atoms with Crippen molar-refractivity contribution in [1.82, 2.24) is 19.5 Å². The molecule has 0 aliphatic heterocycles. The van der Waals surface area contributed by atoms with Gasteiger partial charge in [-0.25, -0.2) is 9.97 Å². The van der Waals surface area contributed by atoms with E-state index >= 15 is 0 Å². The molecule has 5 heteroatoms. The summed E-state index contributed by atoms with van der Waals surface area (Å²) in [6.07, 6.45) is 1.94. The molecule has 0 aliphatic carbocycles. The van der Waals surface area contributed by atoms with Gasteiger partial charge in [0.05, 0.1) is 32.6 Å². The highest BCUT2D eigenvalue weighted by Crippen LogP contribution is 2.42. The fourth-order valence-electron chi connectivity index (χ4n) is 7.88. The molecule has 0 spiro atoms. The van der Waals surface area contributed by atoms with Gasteiger partial charge in [-0.3, -0.25) is 4.98 Å². The zero-order chi connectivity index (χ0) is 35.6. The topological polar surface area (TPSA) is 43.6 Å². The van der Waals surface area contributed by atoms with E-state index in [0.29, 0.717) is 5.82 Å². The lowest BCUT2D eigenvalue weighted by molar-refractivity contribution is 1.16. The molecule has 0 atom stereocenters. The second-order valence-corrected chi connectivity index (χ2v) is 14.7. The largest absolute Gasteiger partial charge is 0.309 e. The molecular weight excluding hydrogens is 677 g/mol. The van der Waals surface area contributed by atoms with Crippen LogP contribution in [0.5, 0.6) is 0 Å². The van der Waals surface area contributed by atoms with Crippen molar-refractivity contribution in [3.05, 3.63) is 182 Å². The lowest BCUT2D eigenvalue weighted by Crippen LogP contribution is -1.99. The molecule has 4 heterocycles. The Morgan fingerprint density at radius 1 is 0.444 bits per heavy atom. The van der Waals surface area contributed by atoms with Gasteiger partial charge in [-0.15, -0.1) is 11.3 Å². The van der Waals surface area contributed by atoms with Gasteiger partial charge in [0.15, 0.2) is 5.82 Å². The minimum absolute atomic E-state index is 0.691. The van der Waals surface area contributed by atoms with Gasteiger partial charge in [0, 0.05) is 55.0 Å². The third kappa shape index (κ3) is 5.01. The Labute approximate surface area is 315 Å². The molecule has 11 rings (SSSR count). The average molecular weight is 707 g/mol. The van der Waals surface area contributed by atoms with Gasteiger partial charge >= 0.3 is 0 Å². The van der Waals surface area contributed by atoms with Crippen molar-refractivity contribution in [3.63, 3.8) is 0 Å². The minimum Gasteiger partial charge on any atom is -0.309 e. The molecule has 0 saturated carbocycles. The second kappa shape index (κ2) is 12.3. The summed E-state index contributed by atoms with van der Waals surface area (Å²) in [5, 5.41) is 6.01. The zero-order valence-corrected chi connectivity index (χ0v) is 29.8. The SMILES string of the molecule is c1ccc(-c2nc(-c3cc(-c4ccnc5c4sc4ccccc45)cc(-n4c5ccccc5c5ccccc54)c3)cc(-c3ccc4ccccc4c3)n2)cc1. The van der Waals surface area contributed by atoms with E-state index in [4.69, 9.17) is 15.0 Å². The first-order valence-corrected chi connectivity index (χ1v) is 18.9. The first-order chi connectivity index (χ1) is 26.7. The normalized spacial score (nSPS) is 11.7. The van der Waals surface area contributed by atoms with Crippen LogP contribution in [0.15, 0.2) is 182 Å². The summed E-state index contributed by atoms with van der Waals surface area (Å²) in [5.41, 5.74) is 11.4. The maximum absolute atomic E-state index is 5.31. The smallest absolute Gasteiger partial charge is 0.160 e. The van der Waals surface area contributed by atoms with Crippen molar-refractivity contribution in [1.29, 1.82) is 0 Å². The summed E-state index contributed by atoms with van der Waals surface area (Å²) < 4.78 is 4.80. The molecule has 0 bridgehead atoms. The van der Waals surface area contributed by atoms with Crippen molar-refractivity contribution in [2.24, 2.45) is 0 Å². The Hall–Kier alpha value is -6.95. The van der Waals surface area contributed by atoms with Crippen LogP contribution in [0, 0.1) is 0 Å². The fourth-order valence-corrected chi connectivity index (χ4v) is 9.08. The minimum atomic E-state index is 0.691. The van der Waals surface area contributed by atoms with Gasteiger partial charge < -0.3 is 4.57 Å². The summed E-state index contributed by atoms with van der Waals surface area (Å²) in [6.45, 7) is 0. The molecule has 0 unspecified atom stereocenters. The Bertz CT molecular complexity index is 3180. The molecule has 0 N–H and O–H groups in total. The summed E-state index contributed by atoms with van der Waals surface area (Å²) >= 11 is 1.80. The van der Waals surface area contributed by atoms with E-state index in [1.54, 1.807) is 11.3 Å². The molecule has 7 aromatic carbocycles. The monoisotopic (exact) mass is 706 g/mol. The molecule has 0 radical (unpaired) electrons. The molecule has 4 nitrogen and oxygen atoms in total. The number of hydrogen-bond donors (Lipinski definition) is 0. The molecule has 11 aromatic rings. The van der Waals surface area contributed by atoms with E-state index in [-0.39, 0.29) is 0 Å². The molecule has 4 aromatic heterocycles. The molecule has 0 saturated heterocycles. The maximum Gasteiger partial charge on any atom is 0.160 e. The van der Waals surface area contributed by atoms with Crippen LogP contribution in [0.1, 0.15) is 0 Å². The Morgan fingerprint density at radius 2 is 1.09 bits per heavy atom. The number of fused-ring (bicyclic) bond motifs is 7. The van der Waals surface area contributed by atoms with Crippen LogP contribution < -0.4 is 0 Å². The number of thiophene rings is 1. The van der Waals surface area contributed by atoms with Crippen molar-refractivity contribution >= 4 is 64.2 Å². The number of hydrogen-bond acceptors (Lipinski definition) is 4. The number of rotatable bonds is 5. The van der Waals surface area contributed by atoms with E-state index in [2.05, 4.69) is 162 Å². The lowest BCUT2D eigenvalue weighted by atomic mass is 9.98. The molecule has 0 aliphatic rings. The summed E-state index contributed by atoms with van der Waals surface area (Å²) in [5.74, 6) is 0.691. The van der Waals surface area contributed by atoms with Crippen LogP contribution in [0.25, 0.3) is 104 Å². The average Bonchev–Trinajstić information content (AvgIpc) is 3.80. The van der Waals surface area contributed by atoms with E-state index in [0.717, 1.165) is 61.4 Å². The van der Waals surface area contributed by atoms with Crippen molar-refractivity contribution in [2.45, 2.75) is 0 Å². The Morgan fingerprint density at radius 3 is 1.89 bits per heavy atom. The van der Waals surface area contributed by atoms with E-state index in [1.165, 1.54) is 36.3 Å². The van der Waals surface area contributed by atoms with Gasteiger partial charge in [0.1, 0.15) is 0 Å². The maximum atomic E-state index is 5.31. The highest BCUT2D eigenvalue weighted by atomic mass is 32.1. The van der Waals surface area contributed by atoms with Crippen LogP contribution in [0.3, 0.4) is 0 Å². The van der Waals surface area contributed by atoms with Gasteiger partial charge in [-0.1, -0.05) is 121 Å². The standard InChI is InChI=1S/C49H30N4S/c1-2-13-32(14-3-1)49-51-42(34-23-22-31-12-4-5-15-33(31)26-34)30-43(52-49)36-27-35(38-24-25-50-47-41-18-8-11-21-46(41)54-48(38)47)28-37(29-36)53-44-19-9-6-16-39(44)40-17-7-10-20-45(40)53/h1-30H. The molecule has 54 heavy (non-hydrogen) atoms. The van der Waals surface area contributed by atoms with Crippen LogP contribution in [0.2, 0.25) is 0 Å². The lowest BCUT2D eigenvalue weighted by Gasteiger charge is -2.15. The summed E-state index contributed by atoms with van der Waals surface area (Å²) in [7, 11) is 0. The predicted octanol–water partition coefficient (Wildman–Crippen LogP) is 13.2. The predicted molar refractivity (Wildman–Crippen MR) is 226 cm³/mol. The van der Waals surface area contributed by atoms with Gasteiger partial charge in [0.2, 0.25) is 0 Å². The highest BCUT2D eigenvalue weighted by molar-refractivity contribution is 7.26. The summed E-state index contributed by atoms with van der Waals surface area (Å²) in [4.78, 5) is 15.4. The first-order valence-electron chi connectivity index (χ1n) is 18.1. The van der Waals surface area contributed by atoms with E-state index < -0.39 is 0 Å². The number of aromatic nitrogens is 4. The number of para-hydroxylation sites is 2. The van der Waals surface area contributed by atoms with E-state index in [9.17, 15) is 0 Å². The van der Waals surface area contributed by atoms with Crippen molar-refractivity contribution in [3.8, 4) is 50.7 Å². The number of pyridine rings is 1. The molecule has 252 valence electrons. The van der Waals surface area contributed by atoms with Crippen molar-refractivity contribution in [2.75, 3.05) is 0 Å². The van der Waals surface area contributed by atoms with Crippen molar-refractivity contribution < 1.29 is 0 Å². The van der Waals surface area contributed by atoms with Gasteiger partial charge in [-0.05, 0) is 70.9 Å². The fraction of sp³-hybridized carbons (Fsp3) is 0. The Kier molecular flexibility index (Phi) is 7.00. The van der Waals surface area contributed by atoms with Crippen LogP contribution in [-0.4, -0.2) is 19.5 Å². The third-order valence-corrected chi connectivity index (χ3v) is 11.6. The molecule has 0 fully saturated rings. The highest BCUT2D eigenvalue weighted by Gasteiger charge is 2.19. The van der Waals surface area contributed by atoms with Gasteiger partial charge in [-0.2, -0.15) is 0 Å². The van der Waals surface area contributed by atoms with E-state index in [1.807, 2.05) is 24.4 Å². The first kappa shape index (κ1) is 30.7. The third-order valence-electron chi connectivity index (χ3n) is 10.4. The Balaban J connectivity index is 1.21. The van der Waals surface area contributed by atoms with Crippen LogP contribution in [0.4, 0.5) is 0 Å². The summed E-state index contributed by atoms with van der Waals surface area (Å²) in [6, 6.07) is 62.4. The quantitative estimate of drug-likeness (QED) is 0.179. The molecule has 0 amide bonds. The number of nitrogens with zero attached hydrogens (tertiary/aromatic N) is 4. The van der Waals surface area contributed by atoms with Crippen LogP contribution >= 0.6 is 11.3 Å². The number of benzene rings is 7. The second-order valence-electron chi connectivity index (χ2n) is 13.7. The zero-order valence-electron chi connectivity index (χ0n) is 29.0.